The highest BCUT2D eigenvalue weighted by atomic mass is 16.5. The summed E-state index contributed by atoms with van der Waals surface area (Å²) in [5.41, 5.74) is 7.41. The molecule has 0 amide bonds. The molecule has 0 atom stereocenters. The molecule has 0 bridgehead atoms. The van der Waals surface area contributed by atoms with Crippen molar-refractivity contribution in [2.75, 3.05) is 17.7 Å². The molecule has 140 valence electrons. The fourth-order valence-electron chi connectivity index (χ4n) is 2.42. The molecule has 0 aliphatic heterocycles. The Morgan fingerprint density at radius 3 is 2.71 bits per heavy atom. The summed E-state index contributed by atoms with van der Waals surface area (Å²) >= 11 is 0. The van der Waals surface area contributed by atoms with E-state index in [9.17, 15) is 10.4 Å². The van der Waals surface area contributed by atoms with Crippen LogP contribution in [0.5, 0.6) is 11.5 Å². The Balaban J connectivity index is 1.95. The summed E-state index contributed by atoms with van der Waals surface area (Å²) in [7, 11) is 0. The van der Waals surface area contributed by atoms with Crippen molar-refractivity contribution in [3.05, 3.63) is 59.9 Å². The lowest BCUT2D eigenvalue weighted by Gasteiger charge is -2.08. The molecule has 0 aliphatic rings. The number of nitriles is 1. The molecule has 0 saturated heterocycles. The highest BCUT2D eigenvalue weighted by Gasteiger charge is 2.11. The first-order valence-corrected chi connectivity index (χ1v) is 8.50. The Morgan fingerprint density at radius 1 is 1.21 bits per heavy atom. The number of rotatable bonds is 6. The lowest BCUT2D eigenvalue weighted by atomic mass is 10.1. The highest BCUT2D eigenvalue weighted by molar-refractivity contribution is 5.87. The predicted molar refractivity (Wildman–Crippen MR) is 107 cm³/mol. The van der Waals surface area contributed by atoms with Crippen LogP contribution in [0.4, 0.5) is 17.6 Å². The van der Waals surface area contributed by atoms with Crippen LogP contribution in [0.25, 0.3) is 11.6 Å². The van der Waals surface area contributed by atoms with Gasteiger partial charge in [0.25, 0.3) is 0 Å². The van der Waals surface area contributed by atoms with Crippen LogP contribution in [0.1, 0.15) is 18.3 Å². The van der Waals surface area contributed by atoms with Crippen LogP contribution in [0.2, 0.25) is 0 Å². The second-order valence-electron chi connectivity index (χ2n) is 5.66. The molecule has 8 heteroatoms. The van der Waals surface area contributed by atoms with Crippen LogP contribution < -0.4 is 15.8 Å². The maximum atomic E-state index is 9.82. The number of phenols is 1. The van der Waals surface area contributed by atoms with Gasteiger partial charge in [-0.2, -0.15) is 20.2 Å². The van der Waals surface area contributed by atoms with E-state index < -0.39 is 0 Å². The predicted octanol–water partition coefficient (Wildman–Crippen LogP) is 3.37. The highest BCUT2D eigenvalue weighted by Crippen LogP contribution is 2.28. The van der Waals surface area contributed by atoms with Gasteiger partial charge < -0.3 is 20.9 Å². The SMILES string of the molecule is CCOc1cc(C=C(C#N)c2nc(N)nc(Nc3ccccc3)n2)ccc1O. The van der Waals surface area contributed by atoms with Gasteiger partial charge in [0.05, 0.1) is 12.2 Å². The normalized spacial score (nSPS) is 10.9. The zero-order valence-electron chi connectivity index (χ0n) is 15.1. The first kappa shape index (κ1) is 18.7. The zero-order chi connectivity index (χ0) is 19.9. The van der Waals surface area contributed by atoms with E-state index in [1.54, 1.807) is 18.2 Å². The fourth-order valence-corrected chi connectivity index (χ4v) is 2.42. The quantitative estimate of drug-likeness (QED) is 0.560. The fraction of sp³-hybridized carbons (Fsp3) is 0.100. The second kappa shape index (κ2) is 8.51. The standard InChI is InChI=1S/C20H18N6O2/c1-2-28-17-11-13(8-9-16(17)27)10-14(12-21)18-24-19(22)26-20(25-18)23-15-6-4-3-5-7-15/h3-11,27H,2H2,1H3,(H3,22,23,24,25,26). The Morgan fingerprint density at radius 2 is 2.00 bits per heavy atom. The van der Waals surface area contributed by atoms with Crippen LogP contribution in [-0.2, 0) is 0 Å². The first-order valence-electron chi connectivity index (χ1n) is 8.50. The third-order valence-corrected chi connectivity index (χ3v) is 3.64. The molecule has 3 aromatic rings. The van der Waals surface area contributed by atoms with E-state index in [1.165, 1.54) is 6.07 Å². The summed E-state index contributed by atoms with van der Waals surface area (Å²) in [6.07, 6.45) is 1.59. The summed E-state index contributed by atoms with van der Waals surface area (Å²) in [5.74, 6) is 0.715. The lowest BCUT2D eigenvalue weighted by Crippen LogP contribution is -2.06. The average Bonchev–Trinajstić information content (AvgIpc) is 2.69. The van der Waals surface area contributed by atoms with E-state index >= 15 is 0 Å². The number of nitrogens with zero attached hydrogens (tertiary/aromatic N) is 4. The molecule has 0 unspecified atom stereocenters. The molecule has 0 saturated carbocycles. The van der Waals surface area contributed by atoms with Gasteiger partial charge >= 0.3 is 0 Å². The van der Waals surface area contributed by atoms with E-state index in [1.807, 2.05) is 37.3 Å². The number of ether oxygens (including phenoxy) is 1. The zero-order valence-corrected chi connectivity index (χ0v) is 15.1. The van der Waals surface area contributed by atoms with E-state index in [4.69, 9.17) is 10.5 Å². The van der Waals surface area contributed by atoms with Gasteiger partial charge in [0, 0.05) is 5.69 Å². The summed E-state index contributed by atoms with van der Waals surface area (Å²) in [5, 5.41) is 22.4. The number of nitrogens with two attached hydrogens (primary N) is 1. The minimum Gasteiger partial charge on any atom is -0.504 e. The molecule has 0 spiro atoms. The molecule has 1 heterocycles. The van der Waals surface area contributed by atoms with Gasteiger partial charge in [-0.15, -0.1) is 0 Å². The monoisotopic (exact) mass is 374 g/mol. The number of aromatic nitrogens is 3. The number of nitrogens with one attached hydrogen (secondary N) is 1. The smallest absolute Gasteiger partial charge is 0.232 e. The lowest BCUT2D eigenvalue weighted by molar-refractivity contribution is 0.318. The molecule has 4 N–H and O–H groups in total. The largest absolute Gasteiger partial charge is 0.504 e. The van der Waals surface area contributed by atoms with Crippen molar-refractivity contribution in [2.45, 2.75) is 6.92 Å². The summed E-state index contributed by atoms with van der Waals surface area (Å²) in [6, 6.07) is 16.2. The Labute approximate surface area is 162 Å². The number of benzene rings is 2. The maximum absolute atomic E-state index is 9.82. The van der Waals surface area contributed by atoms with Crippen molar-refractivity contribution in [1.82, 2.24) is 15.0 Å². The van der Waals surface area contributed by atoms with Gasteiger partial charge in [-0.1, -0.05) is 24.3 Å². The Hall–Kier alpha value is -4.12. The van der Waals surface area contributed by atoms with Gasteiger partial charge in [-0.05, 0) is 42.8 Å². The molecular weight excluding hydrogens is 356 g/mol. The van der Waals surface area contributed by atoms with E-state index in [0.29, 0.717) is 17.9 Å². The van der Waals surface area contributed by atoms with Crippen molar-refractivity contribution in [3.63, 3.8) is 0 Å². The van der Waals surface area contributed by atoms with Crippen LogP contribution in [0.3, 0.4) is 0 Å². The van der Waals surface area contributed by atoms with Gasteiger partial charge in [-0.25, -0.2) is 0 Å². The molecule has 3 rings (SSSR count). The number of phenolic OH excluding ortho intramolecular Hbond substituents is 1. The number of allylic oxidation sites excluding steroid dienone is 1. The summed E-state index contributed by atoms with van der Waals surface area (Å²) in [4.78, 5) is 12.4. The minimum absolute atomic E-state index is 0.00899. The van der Waals surface area contributed by atoms with Crippen molar-refractivity contribution >= 4 is 29.2 Å². The molecule has 0 fully saturated rings. The maximum Gasteiger partial charge on any atom is 0.232 e. The van der Waals surface area contributed by atoms with Crippen LogP contribution in [-0.4, -0.2) is 26.7 Å². The van der Waals surface area contributed by atoms with E-state index in [-0.39, 0.29) is 29.0 Å². The number of hydrogen-bond donors (Lipinski definition) is 3. The third-order valence-electron chi connectivity index (χ3n) is 3.64. The van der Waals surface area contributed by atoms with Crippen LogP contribution >= 0.6 is 0 Å². The van der Waals surface area contributed by atoms with Crippen LogP contribution in [0, 0.1) is 11.3 Å². The van der Waals surface area contributed by atoms with Gasteiger partial charge in [0.15, 0.2) is 17.3 Å². The Bertz CT molecular complexity index is 1040. The molecule has 0 aliphatic carbocycles. The number of nitrogen functional groups attached to an aromatic ring is 1. The van der Waals surface area contributed by atoms with Crippen molar-refractivity contribution in [3.8, 4) is 17.6 Å². The molecule has 1 aromatic heterocycles. The van der Waals surface area contributed by atoms with E-state index in [2.05, 4.69) is 26.3 Å². The van der Waals surface area contributed by atoms with Crippen LogP contribution in [0.15, 0.2) is 48.5 Å². The summed E-state index contributed by atoms with van der Waals surface area (Å²) < 4.78 is 5.37. The van der Waals surface area contributed by atoms with Gasteiger partial charge in [0.1, 0.15) is 6.07 Å². The average molecular weight is 374 g/mol. The first-order chi connectivity index (χ1) is 13.6. The van der Waals surface area contributed by atoms with E-state index in [0.717, 1.165) is 5.69 Å². The molecule has 8 nitrogen and oxygen atoms in total. The third kappa shape index (κ3) is 4.53. The van der Waals surface area contributed by atoms with Gasteiger partial charge in [-0.3, -0.25) is 0 Å². The molecule has 28 heavy (non-hydrogen) atoms. The number of para-hydroxylation sites is 1. The van der Waals surface area contributed by atoms with Gasteiger partial charge in [0.2, 0.25) is 11.9 Å². The minimum atomic E-state index is -0.00899. The Kier molecular flexibility index (Phi) is 5.67. The number of anilines is 3. The van der Waals surface area contributed by atoms with Crippen molar-refractivity contribution in [1.29, 1.82) is 5.26 Å². The number of aromatic hydroxyl groups is 1. The summed E-state index contributed by atoms with van der Waals surface area (Å²) in [6.45, 7) is 2.22. The van der Waals surface area contributed by atoms with Crippen molar-refractivity contribution < 1.29 is 9.84 Å². The second-order valence-corrected chi connectivity index (χ2v) is 5.66. The molecule has 0 radical (unpaired) electrons. The van der Waals surface area contributed by atoms with Crippen molar-refractivity contribution in [2.24, 2.45) is 0 Å². The molecule has 2 aromatic carbocycles. The topological polar surface area (TPSA) is 130 Å². The molecular formula is C20H18N6O2. The number of hydrogen-bond acceptors (Lipinski definition) is 8.